The van der Waals surface area contributed by atoms with Crippen LogP contribution in [0.4, 0.5) is 5.82 Å². The molecule has 0 amide bonds. The van der Waals surface area contributed by atoms with Crippen LogP contribution in [0.5, 0.6) is 0 Å². The number of aliphatic hydroxyl groups is 3. The predicted octanol–water partition coefficient (Wildman–Crippen LogP) is 1.30. The van der Waals surface area contributed by atoms with E-state index in [1.54, 1.807) is 4.57 Å². The van der Waals surface area contributed by atoms with Crippen LogP contribution in [0.2, 0.25) is 0 Å². The molecule has 1 saturated heterocycles. The fourth-order valence-electron chi connectivity index (χ4n) is 4.73. The van der Waals surface area contributed by atoms with Gasteiger partial charge < -0.3 is 30.1 Å². The van der Waals surface area contributed by atoms with Crippen LogP contribution >= 0.6 is 0 Å². The van der Waals surface area contributed by atoms with Gasteiger partial charge in [0.1, 0.15) is 24.6 Å². The normalized spacial score (nSPS) is 29.7. The quantitative estimate of drug-likeness (QED) is 0.416. The maximum absolute atomic E-state index is 10.4. The summed E-state index contributed by atoms with van der Waals surface area (Å²) in [7, 11) is 0. The van der Waals surface area contributed by atoms with Crippen molar-refractivity contribution in [3.05, 3.63) is 48.0 Å². The third kappa shape index (κ3) is 4.32. The Labute approximate surface area is 191 Å². The number of rotatable bonds is 7. The van der Waals surface area contributed by atoms with E-state index in [2.05, 4.69) is 45.4 Å². The van der Waals surface area contributed by atoms with Gasteiger partial charge in [-0.2, -0.15) is 0 Å². The minimum atomic E-state index is -1.21. The molecule has 1 aliphatic heterocycles. The van der Waals surface area contributed by atoms with E-state index in [1.165, 1.54) is 18.2 Å². The lowest BCUT2D eigenvalue weighted by Gasteiger charge is -2.22. The number of nitrogens with zero attached hydrogens (tertiary/aromatic N) is 4. The molecule has 3 aromatic rings. The lowest BCUT2D eigenvalue weighted by Crippen LogP contribution is -2.33. The Morgan fingerprint density at radius 1 is 1.18 bits per heavy atom. The first kappa shape index (κ1) is 22.2. The van der Waals surface area contributed by atoms with Crippen molar-refractivity contribution in [2.45, 2.75) is 69.5 Å². The number of nitrogens with one attached hydrogen (secondary N) is 1. The van der Waals surface area contributed by atoms with Crippen molar-refractivity contribution in [1.82, 2.24) is 19.5 Å². The zero-order valence-corrected chi connectivity index (χ0v) is 18.4. The van der Waals surface area contributed by atoms with Crippen LogP contribution in [0.25, 0.3) is 11.2 Å². The number of anilines is 1. The lowest BCUT2D eigenvalue weighted by atomic mass is 10.1. The Hall–Kier alpha value is -2.63. The van der Waals surface area contributed by atoms with Crippen molar-refractivity contribution < 1.29 is 24.8 Å². The fourth-order valence-corrected chi connectivity index (χ4v) is 4.73. The molecule has 3 heterocycles. The smallest absolute Gasteiger partial charge is 0.167 e. The molecule has 2 fully saturated rings. The first-order valence-corrected chi connectivity index (χ1v) is 11.3. The molecule has 5 rings (SSSR count). The molecule has 2 aromatic heterocycles. The van der Waals surface area contributed by atoms with Crippen molar-refractivity contribution >= 4 is 17.0 Å². The first-order chi connectivity index (χ1) is 16.0. The van der Waals surface area contributed by atoms with E-state index in [1.807, 2.05) is 6.07 Å². The van der Waals surface area contributed by atoms with Crippen LogP contribution in [-0.4, -0.2) is 71.9 Å². The Morgan fingerprint density at radius 2 is 2.06 bits per heavy atom. The molecule has 1 saturated carbocycles. The van der Waals surface area contributed by atoms with Gasteiger partial charge in [-0.05, 0) is 31.7 Å². The van der Waals surface area contributed by atoms with Gasteiger partial charge >= 0.3 is 0 Å². The van der Waals surface area contributed by atoms with Gasteiger partial charge in [-0.25, -0.2) is 15.0 Å². The van der Waals surface area contributed by atoms with E-state index in [-0.39, 0.29) is 12.1 Å². The number of fused-ring (bicyclic) bond motifs is 1. The minimum Gasteiger partial charge on any atom is -0.394 e. The predicted molar refractivity (Wildman–Crippen MR) is 119 cm³/mol. The number of aryl methyl sites for hydroxylation is 1. The topological polar surface area (TPSA) is 135 Å². The third-order valence-corrected chi connectivity index (χ3v) is 6.47. The highest BCUT2D eigenvalue weighted by molar-refractivity contribution is 5.82. The van der Waals surface area contributed by atoms with E-state index in [9.17, 15) is 15.3 Å². The number of ether oxygens (including phenoxy) is 2. The Morgan fingerprint density at radius 3 is 2.85 bits per heavy atom. The molecular weight excluding hydrogens is 426 g/mol. The second-order valence-electron chi connectivity index (χ2n) is 8.80. The minimum absolute atomic E-state index is 0.0538. The van der Waals surface area contributed by atoms with Gasteiger partial charge in [-0.1, -0.05) is 29.8 Å². The molecule has 0 radical (unpaired) electrons. The standard InChI is InChI=1S/C23H29N5O5/c1-13-4-2-5-14(8-13)10-32-16-7-3-6-15(16)27-21-18-22(25-11-24-21)28(12-26-18)23-20(31)19(30)17(9-29)33-23/h2,4-5,8,11-12,15-17,19-20,23,29-31H,3,6-7,9-10H2,1H3,(H,24,25,27)/t15-,16-,17?,19-,20-,23?/m1/s1. The molecule has 1 aromatic carbocycles. The lowest BCUT2D eigenvalue weighted by molar-refractivity contribution is -0.0511. The molecule has 1 aliphatic carbocycles. The summed E-state index contributed by atoms with van der Waals surface area (Å²) in [6, 6.07) is 8.41. The molecule has 2 aliphatic rings. The van der Waals surface area contributed by atoms with Crippen LogP contribution in [-0.2, 0) is 16.1 Å². The van der Waals surface area contributed by atoms with Crippen LogP contribution < -0.4 is 5.32 Å². The molecular formula is C23H29N5O5. The average molecular weight is 456 g/mol. The Bertz CT molecular complexity index is 1110. The number of aromatic nitrogens is 4. The summed E-state index contributed by atoms with van der Waals surface area (Å²) >= 11 is 0. The maximum Gasteiger partial charge on any atom is 0.167 e. The van der Waals surface area contributed by atoms with Gasteiger partial charge in [0.05, 0.1) is 31.7 Å². The summed E-state index contributed by atoms with van der Waals surface area (Å²) < 4.78 is 13.4. The number of hydrogen-bond donors (Lipinski definition) is 4. The van der Waals surface area contributed by atoms with Crippen LogP contribution in [0.1, 0.15) is 36.6 Å². The number of benzene rings is 1. The fraction of sp³-hybridized carbons (Fsp3) is 0.522. The highest BCUT2D eigenvalue weighted by Crippen LogP contribution is 2.33. The summed E-state index contributed by atoms with van der Waals surface area (Å²) in [4.78, 5) is 13.2. The first-order valence-electron chi connectivity index (χ1n) is 11.3. The van der Waals surface area contributed by atoms with Gasteiger partial charge in [0.2, 0.25) is 0 Å². The third-order valence-electron chi connectivity index (χ3n) is 6.47. The van der Waals surface area contributed by atoms with Gasteiger partial charge in [-0.3, -0.25) is 4.57 Å². The van der Waals surface area contributed by atoms with E-state index < -0.39 is 31.1 Å². The molecule has 4 N–H and O–H groups in total. The molecule has 2 unspecified atom stereocenters. The highest BCUT2D eigenvalue weighted by Gasteiger charge is 2.44. The van der Waals surface area contributed by atoms with Crippen molar-refractivity contribution in [1.29, 1.82) is 0 Å². The summed E-state index contributed by atoms with van der Waals surface area (Å²) in [6.07, 6.45) is 1.80. The zero-order valence-electron chi connectivity index (χ0n) is 18.4. The SMILES string of the molecule is Cc1cccc(CO[C@@H]2CCC[C@H]2Nc2ncnc3c2ncn3C2OC(CO)[C@@H](O)[C@H]2O)c1. The van der Waals surface area contributed by atoms with Crippen LogP contribution in [0.15, 0.2) is 36.9 Å². The monoisotopic (exact) mass is 455 g/mol. The summed E-state index contributed by atoms with van der Waals surface area (Å²) in [6.45, 7) is 2.24. The number of imidazole rings is 1. The van der Waals surface area contributed by atoms with E-state index in [0.717, 1.165) is 24.8 Å². The highest BCUT2D eigenvalue weighted by atomic mass is 16.6. The Balaban J connectivity index is 1.32. The van der Waals surface area contributed by atoms with Crippen molar-refractivity contribution in [3.8, 4) is 0 Å². The summed E-state index contributed by atoms with van der Waals surface area (Å²) in [5.41, 5.74) is 3.38. The molecule has 0 spiro atoms. The largest absolute Gasteiger partial charge is 0.394 e. The second kappa shape index (κ2) is 9.32. The summed E-state index contributed by atoms with van der Waals surface area (Å²) in [5, 5.41) is 33.3. The molecule has 0 bridgehead atoms. The van der Waals surface area contributed by atoms with Gasteiger partial charge in [0, 0.05) is 0 Å². The van der Waals surface area contributed by atoms with Crippen molar-refractivity contribution in [2.24, 2.45) is 0 Å². The molecule has 176 valence electrons. The van der Waals surface area contributed by atoms with Crippen molar-refractivity contribution in [2.75, 3.05) is 11.9 Å². The Kier molecular flexibility index (Phi) is 6.26. The van der Waals surface area contributed by atoms with E-state index in [4.69, 9.17) is 9.47 Å². The zero-order chi connectivity index (χ0) is 22.9. The number of aliphatic hydroxyl groups excluding tert-OH is 3. The van der Waals surface area contributed by atoms with E-state index >= 15 is 0 Å². The van der Waals surface area contributed by atoms with Gasteiger partial charge in [0.25, 0.3) is 0 Å². The van der Waals surface area contributed by atoms with Crippen LogP contribution in [0, 0.1) is 6.92 Å². The van der Waals surface area contributed by atoms with Gasteiger partial charge in [-0.15, -0.1) is 0 Å². The van der Waals surface area contributed by atoms with Gasteiger partial charge in [0.15, 0.2) is 23.2 Å². The van der Waals surface area contributed by atoms with E-state index in [0.29, 0.717) is 23.6 Å². The van der Waals surface area contributed by atoms with Crippen molar-refractivity contribution in [3.63, 3.8) is 0 Å². The molecule has 10 nitrogen and oxygen atoms in total. The molecule has 33 heavy (non-hydrogen) atoms. The molecule has 6 atom stereocenters. The second-order valence-corrected chi connectivity index (χ2v) is 8.80. The summed E-state index contributed by atoms with van der Waals surface area (Å²) in [5.74, 6) is 0.585. The average Bonchev–Trinajstić information content (AvgIpc) is 3.51. The number of hydrogen-bond acceptors (Lipinski definition) is 9. The van der Waals surface area contributed by atoms with Crippen LogP contribution in [0.3, 0.4) is 0 Å². The maximum atomic E-state index is 10.4. The molecule has 10 heteroatoms.